The molecule has 0 aliphatic carbocycles. The van der Waals surface area contributed by atoms with Gasteiger partial charge < -0.3 is 11.1 Å². The van der Waals surface area contributed by atoms with Crippen LogP contribution in [0.5, 0.6) is 0 Å². The zero-order chi connectivity index (χ0) is 12.4. The molecule has 2 aromatic rings. The summed E-state index contributed by atoms with van der Waals surface area (Å²) in [5, 5.41) is 7.57. The van der Waals surface area contributed by atoms with Crippen molar-refractivity contribution in [1.29, 1.82) is 0 Å². The number of aromatic nitrogens is 4. The maximum Gasteiger partial charge on any atom is 0.221 e. The summed E-state index contributed by atoms with van der Waals surface area (Å²) in [5.74, 6) is 0.995. The van der Waals surface area contributed by atoms with Gasteiger partial charge in [-0.25, -0.2) is 4.98 Å². The summed E-state index contributed by atoms with van der Waals surface area (Å²) < 4.78 is 1.88. The molecule has 0 aromatic carbocycles. The molecule has 0 fully saturated rings. The average Bonchev–Trinajstić information content (AvgIpc) is 2.51. The summed E-state index contributed by atoms with van der Waals surface area (Å²) in [6, 6.07) is 1.79. The number of nitrogens with one attached hydrogen (secondary N) is 1. The molecule has 0 saturated carbocycles. The van der Waals surface area contributed by atoms with Crippen LogP contribution < -0.4 is 11.1 Å². The molecular formula is C11H16N6. The number of rotatable bonds is 3. The van der Waals surface area contributed by atoms with Gasteiger partial charge in [-0.1, -0.05) is 0 Å². The molecule has 0 aliphatic rings. The van der Waals surface area contributed by atoms with Crippen molar-refractivity contribution in [3.8, 4) is 0 Å². The van der Waals surface area contributed by atoms with Crippen LogP contribution in [-0.2, 0) is 13.6 Å². The van der Waals surface area contributed by atoms with E-state index in [4.69, 9.17) is 5.73 Å². The van der Waals surface area contributed by atoms with Gasteiger partial charge in [0.2, 0.25) is 5.95 Å². The van der Waals surface area contributed by atoms with Crippen molar-refractivity contribution in [2.24, 2.45) is 7.05 Å². The fraction of sp³-hybridized carbons (Fsp3) is 0.364. The van der Waals surface area contributed by atoms with E-state index >= 15 is 0 Å². The van der Waals surface area contributed by atoms with E-state index in [0.29, 0.717) is 6.54 Å². The highest BCUT2D eigenvalue weighted by atomic mass is 15.3. The highest BCUT2D eigenvalue weighted by Gasteiger charge is 2.08. The number of nitrogens with two attached hydrogens (primary N) is 1. The van der Waals surface area contributed by atoms with Crippen LogP contribution in [-0.4, -0.2) is 19.7 Å². The molecule has 6 nitrogen and oxygen atoms in total. The number of aryl methyl sites for hydroxylation is 2. The van der Waals surface area contributed by atoms with E-state index in [1.807, 2.05) is 25.6 Å². The minimum absolute atomic E-state index is 0.273. The van der Waals surface area contributed by atoms with Gasteiger partial charge in [0.05, 0.1) is 5.69 Å². The third-order valence-corrected chi connectivity index (χ3v) is 2.78. The molecule has 0 saturated heterocycles. The fourth-order valence-corrected chi connectivity index (χ4v) is 1.72. The fourth-order valence-electron chi connectivity index (χ4n) is 1.72. The smallest absolute Gasteiger partial charge is 0.221 e. The Hall–Kier alpha value is -2.11. The first-order chi connectivity index (χ1) is 8.08. The molecule has 2 heterocycles. The van der Waals surface area contributed by atoms with Gasteiger partial charge in [0.25, 0.3) is 0 Å². The molecule has 0 bridgehead atoms. The predicted molar refractivity (Wildman–Crippen MR) is 66.5 cm³/mol. The van der Waals surface area contributed by atoms with Crippen LogP contribution >= 0.6 is 0 Å². The maximum atomic E-state index is 5.51. The summed E-state index contributed by atoms with van der Waals surface area (Å²) >= 11 is 0. The number of hydrogen-bond acceptors (Lipinski definition) is 5. The quantitative estimate of drug-likeness (QED) is 0.825. The molecule has 0 aliphatic heterocycles. The summed E-state index contributed by atoms with van der Waals surface area (Å²) in [7, 11) is 1.94. The Morgan fingerprint density at radius 1 is 1.41 bits per heavy atom. The Morgan fingerprint density at radius 2 is 2.18 bits per heavy atom. The van der Waals surface area contributed by atoms with Crippen molar-refractivity contribution in [3.63, 3.8) is 0 Å². The first-order valence-electron chi connectivity index (χ1n) is 5.39. The topological polar surface area (TPSA) is 81.7 Å². The summed E-state index contributed by atoms with van der Waals surface area (Å²) in [5.41, 5.74) is 8.88. The van der Waals surface area contributed by atoms with Crippen molar-refractivity contribution >= 4 is 11.8 Å². The standard InChI is InChI=1S/C11H16N6/c1-7-9(8(2)17(3)16-7)6-14-10-4-5-13-11(12)15-10/h4-5H,6H2,1-3H3,(H3,12,13,14,15). The lowest BCUT2D eigenvalue weighted by atomic mass is 10.2. The second-order valence-corrected chi connectivity index (χ2v) is 3.93. The molecule has 0 unspecified atom stereocenters. The Kier molecular flexibility index (Phi) is 2.95. The Labute approximate surface area is 99.9 Å². The van der Waals surface area contributed by atoms with Crippen LogP contribution in [0, 0.1) is 13.8 Å². The third-order valence-electron chi connectivity index (χ3n) is 2.78. The summed E-state index contributed by atoms with van der Waals surface area (Å²) in [6.07, 6.45) is 1.63. The van der Waals surface area contributed by atoms with Crippen molar-refractivity contribution < 1.29 is 0 Å². The molecule has 0 amide bonds. The van der Waals surface area contributed by atoms with Crippen LogP contribution in [0.2, 0.25) is 0 Å². The normalized spacial score (nSPS) is 10.5. The molecule has 3 N–H and O–H groups in total. The molecule has 0 spiro atoms. The molecule has 90 valence electrons. The van der Waals surface area contributed by atoms with Crippen LogP contribution in [0.1, 0.15) is 17.0 Å². The molecule has 0 radical (unpaired) electrons. The zero-order valence-corrected chi connectivity index (χ0v) is 10.2. The summed E-state index contributed by atoms with van der Waals surface area (Å²) in [4.78, 5) is 7.93. The van der Waals surface area contributed by atoms with Crippen LogP contribution in [0.4, 0.5) is 11.8 Å². The van der Waals surface area contributed by atoms with Crippen LogP contribution in [0.15, 0.2) is 12.3 Å². The monoisotopic (exact) mass is 232 g/mol. The minimum Gasteiger partial charge on any atom is -0.368 e. The molecule has 17 heavy (non-hydrogen) atoms. The zero-order valence-electron chi connectivity index (χ0n) is 10.2. The largest absolute Gasteiger partial charge is 0.368 e. The lowest BCUT2D eigenvalue weighted by Gasteiger charge is -2.06. The predicted octanol–water partition coefficient (Wildman–Crippen LogP) is 1.02. The van der Waals surface area contributed by atoms with Gasteiger partial charge in [-0.2, -0.15) is 10.1 Å². The number of nitrogen functional groups attached to an aromatic ring is 1. The SMILES string of the molecule is Cc1nn(C)c(C)c1CNc1ccnc(N)n1. The third kappa shape index (κ3) is 2.35. The molecule has 2 rings (SSSR count). The van der Waals surface area contributed by atoms with Crippen LogP contribution in [0.25, 0.3) is 0 Å². The first kappa shape index (κ1) is 11.4. The van der Waals surface area contributed by atoms with E-state index in [1.54, 1.807) is 12.3 Å². The van der Waals surface area contributed by atoms with Crippen LogP contribution in [0.3, 0.4) is 0 Å². The van der Waals surface area contributed by atoms with Gasteiger partial charge in [0.15, 0.2) is 0 Å². The molecular weight excluding hydrogens is 216 g/mol. The van der Waals surface area contributed by atoms with E-state index in [0.717, 1.165) is 17.2 Å². The number of nitrogens with zero attached hydrogens (tertiary/aromatic N) is 4. The first-order valence-corrected chi connectivity index (χ1v) is 5.39. The maximum absolute atomic E-state index is 5.51. The Balaban J connectivity index is 2.12. The second-order valence-electron chi connectivity index (χ2n) is 3.93. The van der Waals surface area contributed by atoms with Gasteiger partial charge >= 0.3 is 0 Å². The van der Waals surface area contributed by atoms with Gasteiger partial charge in [-0.3, -0.25) is 4.68 Å². The van der Waals surface area contributed by atoms with Crippen molar-refractivity contribution in [3.05, 3.63) is 29.2 Å². The second kappa shape index (κ2) is 4.40. The van der Waals surface area contributed by atoms with E-state index in [-0.39, 0.29) is 5.95 Å². The Bertz CT molecular complexity index is 531. The van der Waals surface area contributed by atoms with Gasteiger partial charge in [-0.15, -0.1) is 0 Å². The molecule has 6 heteroatoms. The number of anilines is 2. The number of hydrogen-bond donors (Lipinski definition) is 2. The van der Waals surface area contributed by atoms with E-state index in [9.17, 15) is 0 Å². The molecule has 0 atom stereocenters. The summed E-state index contributed by atoms with van der Waals surface area (Å²) in [6.45, 7) is 4.73. The van der Waals surface area contributed by atoms with Gasteiger partial charge in [0.1, 0.15) is 5.82 Å². The lowest BCUT2D eigenvalue weighted by Crippen LogP contribution is -2.05. The van der Waals surface area contributed by atoms with Gasteiger partial charge in [-0.05, 0) is 19.9 Å². The van der Waals surface area contributed by atoms with Crippen molar-refractivity contribution in [2.75, 3.05) is 11.1 Å². The van der Waals surface area contributed by atoms with Gasteiger partial charge in [0, 0.05) is 31.0 Å². The van der Waals surface area contributed by atoms with Crippen molar-refractivity contribution in [2.45, 2.75) is 20.4 Å². The van der Waals surface area contributed by atoms with Crippen molar-refractivity contribution in [1.82, 2.24) is 19.7 Å². The lowest BCUT2D eigenvalue weighted by molar-refractivity contribution is 0.730. The van der Waals surface area contributed by atoms with E-state index < -0.39 is 0 Å². The highest BCUT2D eigenvalue weighted by Crippen LogP contribution is 2.13. The highest BCUT2D eigenvalue weighted by molar-refractivity contribution is 5.39. The van der Waals surface area contributed by atoms with E-state index in [1.165, 1.54) is 5.56 Å². The Morgan fingerprint density at radius 3 is 2.76 bits per heavy atom. The average molecular weight is 232 g/mol. The van der Waals surface area contributed by atoms with E-state index in [2.05, 4.69) is 20.4 Å². The minimum atomic E-state index is 0.273. The molecule has 2 aromatic heterocycles.